The number of aryl methyl sites for hydroxylation is 2. The zero-order chi connectivity index (χ0) is 10.8. The van der Waals surface area contributed by atoms with Crippen LogP contribution < -0.4 is 5.73 Å². The highest BCUT2D eigenvalue weighted by Gasteiger charge is 2.07. The van der Waals surface area contributed by atoms with Crippen LogP contribution in [0.4, 0.5) is 0 Å². The summed E-state index contributed by atoms with van der Waals surface area (Å²) >= 11 is 1.68. The van der Waals surface area contributed by atoms with Crippen molar-refractivity contribution in [3.05, 3.63) is 33.8 Å². The fraction of sp³-hybridized carbons (Fsp3) is 0.400. The lowest BCUT2D eigenvalue weighted by Crippen LogP contribution is -2.09. The summed E-state index contributed by atoms with van der Waals surface area (Å²) in [6, 6.07) is 0. The van der Waals surface area contributed by atoms with Gasteiger partial charge in [-0.25, -0.2) is 9.97 Å². The first-order valence-electron chi connectivity index (χ1n) is 4.82. The molecule has 0 bridgehead atoms. The maximum absolute atomic E-state index is 5.64. The molecule has 0 aromatic carbocycles. The molecule has 0 unspecified atom stereocenters. The number of aromatic nitrogens is 3. The van der Waals surface area contributed by atoms with Crippen molar-refractivity contribution in [2.45, 2.75) is 26.9 Å². The third-order valence-corrected chi connectivity index (χ3v) is 3.26. The normalized spacial score (nSPS) is 10.9. The largest absolute Gasteiger partial charge is 0.325 e. The van der Waals surface area contributed by atoms with Gasteiger partial charge in [0, 0.05) is 23.8 Å². The summed E-state index contributed by atoms with van der Waals surface area (Å²) in [6.45, 7) is 5.28. The van der Waals surface area contributed by atoms with Gasteiger partial charge < -0.3 is 10.3 Å². The van der Waals surface area contributed by atoms with Crippen molar-refractivity contribution in [1.29, 1.82) is 0 Å². The minimum atomic E-state index is 0.519. The molecule has 5 heteroatoms. The van der Waals surface area contributed by atoms with E-state index in [4.69, 9.17) is 5.73 Å². The van der Waals surface area contributed by atoms with Gasteiger partial charge in [-0.2, -0.15) is 0 Å². The summed E-state index contributed by atoms with van der Waals surface area (Å²) in [4.78, 5) is 8.68. The fourth-order valence-electron chi connectivity index (χ4n) is 1.50. The highest BCUT2D eigenvalue weighted by Crippen LogP contribution is 2.13. The van der Waals surface area contributed by atoms with Gasteiger partial charge in [-0.3, -0.25) is 0 Å². The number of imidazole rings is 1. The summed E-state index contributed by atoms with van der Waals surface area (Å²) in [5, 5.41) is 3.16. The highest BCUT2D eigenvalue weighted by molar-refractivity contribution is 7.09. The molecule has 0 aliphatic heterocycles. The van der Waals surface area contributed by atoms with Crippen molar-refractivity contribution in [3.63, 3.8) is 0 Å². The van der Waals surface area contributed by atoms with Crippen LogP contribution in [0.5, 0.6) is 0 Å². The molecule has 2 rings (SSSR count). The Hall–Kier alpha value is -1.20. The summed E-state index contributed by atoms with van der Waals surface area (Å²) in [7, 11) is 0. The summed E-state index contributed by atoms with van der Waals surface area (Å²) in [5.41, 5.74) is 7.77. The lowest BCUT2D eigenvalue weighted by Gasteiger charge is -2.06. The van der Waals surface area contributed by atoms with Crippen LogP contribution in [-0.4, -0.2) is 14.5 Å². The van der Waals surface area contributed by atoms with Crippen LogP contribution in [0.1, 0.15) is 22.2 Å². The van der Waals surface area contributed by atoms with Gasteiger partial charge in [0.05, 0.1) is 12.2 Å². The zero-order valence-electron chi connectivity index (χ0n) is 8.90. The number of rotatable bonds is 3. The molecular weight excluding hydrogens is 208 g/mol. The first-order valence-corrected chi connectivity index (χ1v) is 5.70. The average Bonchev–Trinajstić information content (AvgIpc) is 2.76. The molecule has 0 amide bonds. The molecular formula is C10H14N4S. The van der Waals surface area contributed by atoms with Gasteiger partial charge in [0.15, 0.2) is 0 Å². The van der Waals surface area contributed by atoms with E-state index >= 15 is 0 Å². The predicted molar refractivity (Wildman–Crippen MR) is 60.8 cm³/mol. The van der Waals surface area contributed by atoms with Crippen LogP contribution in [0, 0.1) is 13.8 Å². The maximum atomic E-state index is 5.64. The molecule has 0 spiro atoms. The Labute approximate surface area is 92.8 Å². The molecule has 0 radical (unpaired) electrons. The number of thiazole rings is 1. The minimum Gasteiger partial charge on any atom is -0.325 e. The second-order valence-electron chi connectivity index (χ2n) is 3.47. The van der Waals surface area contributed by atoms with E-state index in [0.29, 0.717) is 6.54 Å². The molecule has 4 nitrogen and oxygen atoms in total. The number of nitrogens with two attached hydrogens (primary N) is 1. The van der Waals surface area contributed by atoms with Crippen LogP contribution in [0.3, 0.4) is 0 Å². The molecule has 2 aromatic heterocycles. The van der Waals surface area contributed by atoms with Crippen molar-refractivity contribution < 1.29 is 0 Å². The Balaban J connectivity index is 2.26. The molecule has 2 aromatic rings. The van der Waals surface area contributed by atoms with E-state index in [9.17, 15) is 0 Å². The van der Waals surface area contributed by atoms with Crippen LogP contribution in [0.2, 0.25) is 0 Å². The van der Waals surface area contributed by atoms with E-state index in [1.54, 1.807) is 11.3 Å². The predicted octanol–water partition coefficient (Wildman–Crippen LogP) is 1.46. The van der Waals surface area contributed by atoms with Gasteiger partial charge in [-0.1, -0.05) is 0 Å². The monoisotopic (exact) mass is 222 g/mol. The first-order chi connectivity index (χ1) is 7.20. The van der Waals surface area contributed by atoms with E-state index in [1.165, 1.54) is 0 Å². The smallest absolute Gasteiger partial charge is 0.113 e. The van der Waals surface area contributed by atoms with Gasteiger partial charge >= 0.3 is 0 Å². The summed E-state index contributed by atoms with van der Waals surface area (Å²) in [6.07, 6.45) is 1.83. The molecule has 0 saturated heterocycles. The highest BCUT2D eigenvalue weighted by atomic mass is 32.1. The number of hydrogen-bond acceptors (Lipinski definition) is 4. The Morgan fingerprint density at radius 2 is 2.27 bits per heavy atom. The van der Waals surface area contributed by atoms with Gasteiger partial charge in [0.1, 0.15) is 10.8 Å². The van der Waals surface area contributed by atoms with E-state index in [0.717, 1.165) is 28.8 Å². The maximum Gasteiger partial charge on any atom is 0.113 e. The van der Waals surface area contributed by atoms with Gasteiger partial charge in [0.2, 0.25) is 0 Å². The Morgan fingerprint density at radius 3 is 2.87 bits per heavy atom. The topological polar surface area (TPSA) is 56.7 Å². The average molecular weight is 222 g/mol. The molecule has 0 fully saturated rings. The van der Waals surface area contributed by atoms with Crippen molar-refractivity contribution >= 4 is 11.3 Å². The minimum absolute atomic E-state index is 0.519. The molecule has 0 atom stereocenters. The lowest BCUT2D eigenvalue weighted by molar-refractivity contribution is 0.708. The van der Waals surface area contributed by atoms with Crippen LogP contribution in [0.15, 0.2) is 11.6 Å². The Bertz CT molecular complexity index is 458. The van der Waals surface area contributed by atoms with E-state index in [2.05, 4.69) is 19.9 Å². The standard InChI is InChI=1S/C10H14N4S/c1-7-6-15-10(13-7)5-14-8(2)12-4-9(14)3-11/h4,6H,3,5,11H2,1-2H3. The molecule has 15 heavy (non-hydrogen) atoms. The molecule has 80 valence electrons. The Kier molecular flexibility index (Phi) is 2.83. The molecule has 0 aliphatic rings. The fourth-order valence-corrected chi connectivity index (χ4v) is 2.26. The zero-order valence-corrected chi connectivity index (χ0v) is 9.71. The molecule has 2 heterocycles. The second-order valence-corrected chi connectivity index (χ2v) is 4.41. The molecule has 0 aliphatic carbocycles. The number of hydrogen-bond donors (Lipinski definition) is 1. The van der Waals surface area contributed by atoms with Crippen molar-refractivity contribution in [1.82, 2.24) is 14.5 Å². The van der Waals surface area contributed by atoms with E-state index in [-0.39, 0.29) is 0 Å². The van der Waals surface area contributed by atoms with Crippen molar-refractivity contribution in [2.75, 3.05) is 0 Å². The van der Waals surface area contributed by atoms with Gasteiger partial charge in [0.25, 0.3) is 0 Å². The second kappa shape index (κ2) is 4.12. The van der Waals surface area contributed by atoms with Crippen molar-refractivity contribution in [3.8, 4) is 0 Å². The van der Waals surface area contributed by atoms with E-state index < -0.39 is 0 Å². The van der Waals surface area contributed by atoms with Gasteiger partial charge in [-0.15, -0.1) is 11.3 Å². The quantitative estimate of drug-likeness (QED) is 0.855. The summed E-state index contributed by atoms with van der Waals surface area (Å²) in [5.74, 6) is 0.989. The molecule has 2 N–H and O–H groups in total. The third-order valence-electron chi connectivity index (χ3n) is 2.31. The van der Waals surface area contributed by atoms with Crippen LogP contribution in [0.25, 0.3) is 0 Å². The van der Waals surface area contributed by atoms with Crippen LogP contribution >= 0.6 is 11.3 Å². The van der Waals surface area contributed by atoms with E-state index in [1.807, 2.05) is 20.0 Å². The third kappa shape index (κ3) is 2.08. The SMILES string of the molecule is Cc1csc(Cn2c(CN)cnc2C)n1. The Morgan fingerprint density at radius 1 is 1.47 bits per heavy atom. The lowest BCUT2D eigenvalue weighted by atomic mass is 10.4. The summed E-state index contributed by atoms with van der Waals surface area (Å²) < 4.78 is 2.11. The van der Waals surface area contributed by atoms with Crippen molar-refractivity contribution in [2.24, 2.45) is 5.73 Å². The van der Waals surface area contributed by atoms with Crippen LogP contribution in [-0.2, 0) is 13.1 Å². The molecule has 0 saturated carbocycles. The van der Waals surface area contributed by atoms with Gasteiger partial charge in [-0.05, 0) is 13.8 Å². The number of nitrogens with zero attached hydrogens (tertiary/aromatic N) is 3. The first kappa shape index (κ1) is 10.3.